The minimum absolute atomic E-state index is 0.426. The van der Waals surface area contributed by atoms with Gasteiger partial charge < -0.3 is 15.3 Å². The molecule has 1 saturated carbocycles. The summed E-state index contributed by atoms with van der Waals surface area (Å²) in [5.41, 5.74) is 5.26. The molecular weight excluding hydrogens is 276 g/mol. The molecule has 0 radical (unpaired) electrons. The van der Waals surface area contributed by atoms with Crippen LogP contribution in [0.4, 0.5) is 10.5 Å². The first-order chi connectivity index (χ1) is 10.7. The molecule has 1 aromatic carbocycles. The van der Waals surface area contributed by atoms with Gasteiger partial charge in [0.15, 0.2) is 0 Å². The van der Waals surface area contributed by atoms with Gasteiger partial charge in [0, 0.05) is 25.3 Å². The number of hydrogen-bond donors (Lipinski definition) is 2. The third kappa shape index (κ3) is 3.37. The standard InChI is InChI=1S/C18H26N2O2/c1-2-20(12-13-7-8-13)17-10-9-14-5-3-4-6-15(14)16(17)11-19-18(21)22/h9-10,13,19H,2-8,11-12H2,1H3,(H,21,22). The number of hydrogen-bond acceptors (Lipinski definition) is 2. The van der Waals surface area contributed by atoms with E-state index in [2.05, 4.69) is 29.3 Å². The molecule has 1 fully saturated rings. The molecular formula is C18H26N2O2. The molecule has 0 saturated heterocycles. The first kappa shape index (κ1) is 15.2. The van der Waals surface area contributed by atoms with E-state index in [-0.39, 0.29) is 0 Å². The smallest absolute Gasteiger partial charge is 0.404 e. The second-order valence-corrected chi connectivity index (χ2v) is 6.55. The summed E-state index contributed by atoms with van der Waals surface area (Å²) in [6.45, 7) is 4.70. The van der Waals surface area contributed by atoms with Crippen molar-refractivity contribution >= 4 is 11.8 Å². The van der Waals surface area contributed by atoms with Crippen molar-refractivity contribution in [2.24, 2.45) is 5.92 Å². The first-order valence-electron chi connectivity index (χ1n) is 8.54. The first-order valence-corrected chi connectivity index (χ1v) is 8.54. The highest BCUT2D eigenvalue weighted by atomic mass is 16.4. The van der Waals surface area contributed by atoms with Crippen LogP contribution in [0.25, 0.3) is 0 Å². The van der Waals surface area contributed by atoms with E-state index in [4.69, 9.17) is 5.11 Å². The molecule has 3 rings (SSSR count). The lowest BCUT2D eigenvalue weighted by molar-refractivity contribution is 0.194. The van der Waals surface area contributed by atoms with Gasteiger partial charge in [-0.2, -0.15) is 0 Å². The molecule has 0 aromatic heterocycles. The molecule has 0 bridgehead atoms. The van der Waals surface area contributed by atoms with Gasteiger partial charge in [-0.3, -0.25) is 0 Å². The maximum absolute atomic E-state index is 11.0. The van der Waals surface area contributed by atoms with Crippen LogP contribution >= 0.6 is 0 Å². The summed E-state index contributed by atoms with van der Waals surface area (Å²) in [7, 11) is 0. The van der Waals surface area contributed by atoms with Crippen LogP contribution in [0.1, 0.15) is 49.3 Å². The highest BCUT2D eigenvalue weighted by Gasteiger charge is 2.26. The van der Waals surface area contributed by atoms with Gasteiger partial charge in [0.1, 0.15) is 0 Å². The van der Waals surface area contributed by atoms with Crippen molar-refractivity contribution in [3.8, 4) is 0 Å². The Morgan fingerprint density at radius 2 is 2.09 bits per heavy atom. The lowest BCUT2D eigenvalue weighted by atomic mass is 9.87. The number of aryl methyl sites for hydroxylation is 1. The molecule has 2 N–H and O–H groups in total. The average molecular weight is 302 g/mol. The molecule has 4 nitrogen and oxygen atoms in total. The summed E-state index contributed by atoms with van der Waals surface area (Å²) in [5.74, 6) is 0.830. The Hall–Kier alpha value is -1.71. The quantitative estimate of drug-likeness (QED) is 0.844. The normalized spacial score (nSPS) is 17.0. The number of carboxylic acid groups (broad SMARTS) is 1. The molecule has 0 aliphatic heterocycles. The van der Waals surface area contributed by atoms with Crippen molar-refractivity contribution in [3.63, 3.8) is 0 Å². The summed E-state index contributed by atoms with van der Waals surface area (Å²) in [5, 5.41) is 11.6. The number of anilines is 1. The van der Waals surface area contributed by atoms with E-state index in [9.17, 15) is 4.79 Å². The Bertz CT molecular complexity index is 552. The Balaban J connectivity index is 1.93. The third-order valence-corrected chi connectivity index (χ3v) is 4.94. The Labute approximate surface area is 132 Å². The third-order valence-electron chi connectivity index (χ3n) is 4.94. The lowest BCUT2D eigenvalue weighted by Crippen LogP contribution is -2.29. The fourth-order valence-corrected chi connectivity index (χ4v) is 3.56. The lowest BCUT2D eigenvalue weighted by Gasteiger charge is -2.30. The predicted molar refractivity (Wildman–Crippen MR) is 88.6 cm³/mol. The largest absolute Gasteiger partial charge is 0.465 e. The van der Waals surface area contributed by atoms with Crippen LogP contribution in [0.5, 0.6) is 0 Å². The highest BCUT2D eigenvalue weighted by molar-refractivity contribution is 5.66. The summed E-state index contributed by atoms with van der Waals surface area (Å²) in [4.78, 5) is 13.4. The second-order valence-electron chi connectivity index (χ2n) is 6.55. The molecule has 0 heterocycles. The molecule has 1 aromatic rings. The van der Waals surface area contributed by atoms with Gasteiger partial charge in [-0.05, 0) is 74.1 Å². The fraction of sp³-hybridized carbons (Fsp3) is 0.611. The van der Waals surface area contributed by atoms with Gasteiger partial charge in [0.05, 0.1) is 0 Å². The molecule has 4 heteroatoms. The van der Waals surface area contributed by atoms with Crippen LogP contribution in [-0.4, -0.2) is 24.3 Å². The molecule has 22 heavy (non-hydrogen) atoms. The van der Waals surface area contributed by atoms with Crippen LogP contribution in [-0.2, 0) is 19.4 Å². The van der Waals surface area contributed by atoms with Crippen LogP contribution in [0.3, 0.4) is 0 Å². The van der Waals surface area contributed by atoms with Gasteiger partial charge in [0.2, 0.25) is 0 Å². The molecule has 0 unspecified atom stereocenters. The average Bonchev–Trinajstić information content (AvgIpc) is 3.34. The number of benzene rings is 1. The van der Waals surface area contributed by atoms with E-state index < -0.39 is 6.09 Å². The molecule has 2 aliphatic carbocycles. The number of carbonyl (C=O) groups is 1. The van der Waals surface area contributed by atoms with Crippen molar-refractivity contribution < 1.29 is 9.90 Å². The van der Waals surface area contributed by atoms with E-state index in [1.54, 1.807) is 0 Å². The topological polar surface area (TPSA) is 52.6 Å². The van der Waals surface area contributed by atoms with Gasteiger partial charge in [-0.1, -0.05) is 6.07 Å². The van der Waals surface area contributed by atoms with Crippen LogP contribution < -0.4 is 10.2 Å². The van der Waals surface area contributed by atoms with E-state index in [0.29, 0.717) is 6.54 Å². The van der Waals surface area contributed by atoms with E-state index in [0.717, 1.165) is 31.8 Å². The van der Waals surface area contributed by atoms with Gasteiger partial charge >= 0.3 is 6.09 Å². The molecule has 0 atom stereocenters. The fourth-order valence-electron chi connectivity index (χ4n) is 3.56. The Morgan fingerprint density at radius 3 is 2.77 bits per heavy atom. The van der Waals surface area contributed by atoms with Crippen molar-refractivity contribution in [1.82, 2.24) is 5.32 Å². The zero-order chi connectivity index (χ0) is 15.5. The van der Waals surface area contributed by atoms with Gasteiger partial charge in [-0.15, -0.1) is 0 Å². The summed E-state index contributed by atoms with van der Waals surface area (Å²) in [6, 6.07) is 4.48. The van der Waals surface area contributed by atoms with E-state index in [1.165, 1.54) is 48.1 Å². The molecule has 2 aliphatic rings. The van der Waals surface area contributed by atoms with Crippen molar-refractivity contribution in [1.29, 1.82) is 0 Å². The van der Waals surface area contributed by atoms with Crippen LogP contribution in [0.2, 0.25) is 0 Å². The molecule has 120 valence electrons. The Morgan fingerprint density at radius 1 is 1.32 bits per heavy atom. The van der Waals surface area contributed by atoms with Crippen molar-refractivity contribution in [2.45, 2.75) is 52.0 Å². The monoisotopic (exact) mass is 302 g/mol. The van der Waals surface area contributed by atoms with Crippen LogP contribution in [0.15, 0.2) is 12.1 Å². The molecule has 0 spiro atoms. The van der Waals surface area contributed by atoms with E-state index in [1.807, 2.05) is 0 Å². The highest BCUT2D eigenvalue weighted by Crippen LogP contribution is 2.35. The number of fused-ring (bicyclic) bond motifs is 1. The summed E-state index contributed by atoms with van der Waals surface area (Å²) < 4.78 is 0. The SMILES string of the molecule is CCN(CC1CC1)c1ccc2c(c1CNC(=O)O)CCCC2. The van der Waals surface area contributed by atoms with Gasteiger partial charge in [-0.25, -0.2) is 4.79 Å². The number of nitrogens with zero attached hydrogens (tertiary/aromatic N) is 1. The molecule has 1 amide bonds. The Kier molecular flexibility index (Phi) is 4.55. The zero-order valence-corrected chi connectivity index (χ0v) is 13.4. The minimum atomic E-state index is -0.940. The van der Waals surface area contributed by atoms with Crippen molar-refractivity contribution in [3.05, 3.63) is 28.8 Å². The maximum Gasteiger partial charge on any atom is 0.404 e. The van der Waals surface area contributed by atoms with Gasteiger partial charge in [0.25, 0.3) is 0 Å². The van der Waals surface area contributed by atoms with E-state index >= 15 is 0 Å². The predicted octanol–water partition coefficient (Wildman–Crippen LogP) is 3.57. The zero-order valence-electron chi connectivity index (χ0n) is 13.4. The summed E-state index contributed by atoms with van der Waals surface area (Å²) in [6.07, 6.45) is 6.41. The summed E-state index contributed by atoms with van der Waals surface area (Å²) >= 11 is 0. The minimum Gasteiger partial charge on any atom is -0.465 e. The second kappa shape index (κ2) is 6.59. The maximum atomic E-state index is 11.0. The number of amides is 1. The van der Waals surface area contributed by atoms with Crippen molar-refractivity contribution in [2.75, 3.05) is 18.0 Å². The number of nitrogens with one attached hydrogen (secondary N) is 1. The number of rotatable bonds is 6. The van der Waals surface area contributed by atoms with Crippen LogP contribution in [0, 0.1) is 5.92 Å².